The lowest BCUT2D eigenvalue weighted by Gasteiger charge is -2.21. The van der Waals surface area contributed by atoms with Gasteiger partial charge in [-0.25, -0.2) is 9.59 Å². The summed E-state index contributed by atoms with van der Waals surface area (Å²) in [5.41, 5.74) is 2.13. The molecule has 0 saturated carbocycles. The van der Waals surface area contributed by atoms with Crippen LogP contribution in [0.1, 0.15) is 37.9 Å². The van der Waals surface area contributed by atoms with Gasteiger partial charge in [0.15, 0.2) is 0 Å². The summed E-state index contributed by atoms with van der Waals surface area (Å²) >= 11 is 0. The minimum atomic E-state index is -5.08. The number of alkyl halides is 5. The molecule has 0 radical (unpaired) electrons. The molecule has 2 heterocycles. The van der Waals surface area contributed by atoms with Crippen LogP contribution in [0.2, 0.25) is 0 Å². The minimum absolute atomic E-state index is 0.0708. The Balaban J connectivity index is 0.000000572. The van der Waals surface area contributed by atoms with Crippen molar-refractivity contribution < 1.29 is 51.3 Å². The van der Waals surface area contributed by atoms with Crippen LogP contribution in [-0.2, 0) is 9.59 Å². The van der Waals surface area contributed by atoms with Gasteiger partial charge in [-0.1, -0.05) is 13.3 Å². The zero-order valence-electron chi connectivity index (χ0n) is 18.7. The molecule has 2 bridgehead atoms. The third kappa shape index (κ3) is 8.36. The number of anilines is 1. The Kier molecular flexibility index (Phi) is 9.53. The lowest BCUT2D eigenvalue weighted by atomic mass is 9.95. The first kappa shape index (κ1) is 28.3. The fourth-order valence-corrected chi connectivity index (χ4v) is 3.32. The van der Waals surface area contributed by atoms with Crippen LogP contribution in [0.5, 0.6) is 5.75 Å². The van der Waals surface area contributed by atoms with Gasteiger partial charge in [0, 0.05) is 23.7 Å². The maximum atomic E-state index is 12.6. The van der Waals surface area contributed by atoms with Gasteiger partial charge in [0.1, 0.15) is 5.75 Å². The lowest BCUT2D eigenvalue weighted by molar-refractivity contribution is -0.192. The maximum Gasteiger partial charge on any atom is 0.490 e. The van der Waals surface area contributed by atoms with Gasteiger partial charge in [-0.15, -0.1) is 0 Å². The molecule has 36 heavy (non-hydrogen) atoms. The van der Waals surface area contributed by atoms with E-state index in [1.54, 1.807) is 31.3 Å². The number of nitrogens with zero attached hydrogens (tertiary/aromatic N) is 1. The van der Waals surface area contributed by atoms with Crippen molar-refractivity contribution >= 4 is 23.7 Å². The summed E-state index contributed by atoms with van der Waals surface area (Å²) in [5, 5.41) is 21.6. The Hall–Kier alpha value is -3.97. The van der Waals surface area contributed by atoms with Gasteiger partial charge in [0.25, 0.3) is 0 Å². The molecule has 0 fully saturated rings. The number of halogens is 5. The summed E-state index contributed by atoms with van der Waals surface area (Å²) in [7, 11) is 0. The highest BCUT2D eigenvalue weighted by molar-refractivity contribution is 5.97. The number of hydrogen-bond acceptors (Lipinski definition) is 5. The number of nitrogens with one attached hydrogen (secondary N) is 2. The molecule has 14 heteroatoms. The van der Waals surface area contributed by atoms with Crippen molar-refractivity contribution in [1.29, 1.82) is 0 Å². The van der Waals surface area contributed by atoms with Crippen molar-refractivity contribution in [2.45, 2.75) is 45.0 Å². The predicted octanol–water partition coefficient (Wildman–Crippen LogP) is 5.05. The van der Waals surface area contributed by atoms with Crippen LogP contribution >= 0.6 is 0 Å². The number of carbonyl (C=O) groups excluding carboxylic acids is 1. The SMILES string of the molecule is C[C@@H]1CCC[C@H](NC(=O)O)c2cc(ccn2)-c2ccc(OC(F)F)cc2NC1=O.O=C(O)C(F)(F)F. The van der Waals surface area contributed by atoms with Gasteiger partial charge in [-0.3, -0.25) is 9.78 Å². The smallest absolute Gasteiger partial charge is 0.475 e. The van der Waals surface area contributed by atoms with E-state index in [-0.39, 0.29) is 17.6 Å². The van der Waals surface area contributed by atoms with E-state index < -0.39 is 30.9 Å². The molecule has 0 saturated heterocycles. The van der Waals surface area contributed by atoms with Gasteiger partial charge < -0.3 is 25.6 Å². The number of carboxylic acid groups (broad SMARTS) is 2. The molecular formula is C22H22F5N3O6. The third-order valence-electron chi connectivity index (χ3n) is 5.04. The number of aliphatic carboxylic acids is 1. The molecule has 2 atom stereocenters. The van der Waals surface area contributed by atoms with Crippen LogP contribution in [0.3, 0.4) is 0 Å². The number of fused-ring (bicyclic) bond motifs is 4. The number of carboxylic acids is 1. The highest BCUT2D eigenvalue weighted by Gasteiger charge is 2.38. The Labute approximate surface area is 201 Å². The van der Waals surface area contributed by atoms with E-state index in [0.717, 1.165) is 0 Å². The molecular weight excluding hydrogens is 497 g/mol. The van der Waals surface area contributed by atoms with Crippen LogP contribution in [0.25, 0.3) is 11.1 Å². The molecule has 1 aromatic carbocycles. The average Bonchev–Trinajstić information content (AvgIpc) is 2.77. The van der Waals surface area contributed by atoms with Gasteiger partial charge in [-0.2, -0.15) is 22.0 Å². The summed E-state index contributed by atoms with van der Waals surface area (Å²) in [4.78, 5) is 37.0. The summed E-state index contributed by atoms with van der Waals surface area (Å²) in [6.45, 7) is -1.22. The van der Waals surface area contributed by atoms with Gasteiger partial charge in [0.05, 0.1) is 17.4 Å². The molecule has 1 aromatic heterocycles. The molecule has 3 rings (SSSR count). The quantitative estimate of drug-likeness (QED) is 0.417. The number of hydrogen-bond donors (Lipinski definition) is 4. The van der Waals surface area contributed by atoms with Crippen molar-refractivity contribution in [3.63, 3.8) is 0 Å². The normalized spacial score (nSPS) is 17.8. The van der Waals surface area contributed by atoms with Gasteiger partial charge >= 0.3 is 24.9 Å². The number of ether oxygens (including phenoxy) is 1. The maximum absolute atomic E-state index is 12.6. The van der Waals surface area contributed by atoms with Crippen LogP contribution in [0, 0.1) is 5.92 Å². The number of pyridine rings is 1. The summed E-state index contributed by atoms with van der Waals surface area (Å²) in [6.07, 6.45) is -3.06. The highest BCUT2D eigenvalue weighted by Crippen LogP contribution is 2.34. The van der Waals surface area contributed by atoms with Crippen molar-refractivity contribution in [3.05, 3.63) is 42.2 Å². The minimum Gasteiger partial charge on any atom is -0.475 e. The second kappa shape index (κ2) is 12.1. The first-order chi connectivity index (χ1) is 16.8. The van der Waals surface area contributed by atoms with E-state index in [2.05, 4.69) is 20.4 Å². The van der Waals surface area contributed by atoms with Crippen molar-refractivity contribution in [2.75, 3.05) is 5.32 Å². The molecule has 2 amide bonds. The second-order valence-electron chi connectivity index (χ2n) is 7.68. The van der Waals surface area contributed by atoms with E-state index in [1.807, 2.05) is 0 Å². The second-order valence-corrected chi connectivity index (χ2v) is 7.68. The molecule has 196 valence electrons. The first-order valence-corrected chi connectivity index (χ1v) is 10.4. The van der Waals surface area contributed by atoms with Crippen molar-refractivity contribution in [1.82, 2.24) is 10.3 Å². The summed E-state index contributed by atoms with van der Waals surface area (Å²) in [5.74, 6) is -3.43. The topological polar surface area (TPSA) is 138 Å². The van der Waals surface area contributed by atoms with E-state index in [4.69, 9.17) is 15.0 Å². The molecule has 0 spiro atoms. The first-order valence-electron chi connectivity index (χ1n) is 10.4. The third-order valence-corrected chi connectivity index (χ3v) is 5.04. The van der Waals surface area contributed by atoms with E-state index in [9.17, 15) is 31.5 Å². The fourth-order valence-electron chi connectivity index (χ4n) is 3.32. The van der Waals surface area contributed by atoms with Crippen LogP contribution in [0.15, 0.2) is 36.5 Å². The Morgan fingerprint density at radius 3 is 2.42 bits per heavy atom. The summed E-state index contributed by atoms with van der Waals surface area (Å²) < 4.78 is 61.4. The van der Waals surface area contributed by atoms with Gasteiger partial charge in [0.2, 0.25) is 5.91 Å². The highest BCUT2D eigenvalue weighted by atomic mass is 19.4. The number of rotatable bonds is 3. The van der Waals surface area contributed by atoms with E-state index in [1.165, 1.54) is 12.1 Å². The van der Waals surface area contributed by atoms with Crippen LogP contribution in [0.4, 0.5) is 32.4 Å². The van der Waals surface area contributed by atoms with Crippen molar-refractivity contribution in [2.24, 2.45) is 5.92 Å². The Bertz CT molecular complexity index is 1100. The monoisotopic (exact) mass is 519 g/mol. The molecule has 9 nitrogen and oxygen atoms in total. The van der Waals surface area contributed by atoms with Crippen LogP contribution in [-0.4, -0.2) is 46.0 Å². The number of benzene rings is 1. The standard InChI is InChI=1S/C20H21F2N3O4.C2HF3O2/c1-11-3-2-4-15(25-20(27)28)17-9-12(7-8-23-17)14-6-5-13(29-19(21)22)10-16(14)24-18(11)26;3-2(4,5)1(6)7/h5-11,15,19,25H,2-4H2,1H3,(H,24,26)(H,27,28);(H,6,7)/t11-,15+;/m1./s1. The molecule has 0 unspecified atom stereocenters. The molecule has 1 aliphatic heterocycles. The zero-order valence-corrected chi connectivity index (χ0v) is 18.7. The largest absolute Gasteiger partial charge is 0.490 e. The van der Waals surface area contributed by atoms with Gasteiger partial charge in [-0.05, 0) is 42.7 Å². The average molecular weight is 519 g/mol. The van der Waals surface area contributed by atoms with Crippen LogP contribution < -0.4 is 15.4 Å². The predicted molar refractivity (Wildman–Crippen MR) is 116 cm³/mol. The number of amides is 2. The summed E-state index contributed by atoms with van der Waals surface area (Å²) in [6, 6.07) is 7.22. The van der Waals surface area contributed by atoms with Crippen molar-refractivity contribution in [3.8, 4) is 16.9 Å². The zero-order chi connectivity index (χ0) is 27.0. The number of carbonyl (C=O) groups is 3. The molecule has 4 N–H and O–H groups in total. The van der Waals surface area contributed by atoms with E-state index >= 15 is 0 Å². The Morgan fingerprint density at radius 1 is 1.17 bits per heavy atom. The lowest BCUT2D eigenvalue weighted by Crippen LogP contribution is -2.28. The Morgan fingerprint density at radius 2 is 1.83 bits per heavy atom. The fraction of sp³-hybridized carbons (Fsp3) is 0.364. The number of aromatic nitrogens is 1. The van der Waals surface area contributed by atoms with E-state index in [0.29, 0.717) is 41.8 Å². The molecule has 2 aromatic rings. The molecule has 0 aliphatic carbocycles. The molecule has 1 aliphatic rings.